The van der Waals surface area contributed by atoms with Gasteiger partial charge in [0.25, 0.3) is 0 Å². The van der Waals surface area contributed by atoms with Crippen LogP contribution in [0.3, 0.4) is 0 Å². The Morgan fingerprint density at radius 3 is 2.33 bits per heavy atom. The van der Waals surface area contributed by atoms with Crippen LogP contribution in [-0.4, -0.2) is 29.3 Å². The van der Waals surface area contributed by atoms with E-state index in [1.165, 1.54) is 5.56 Å². The van der Waals surface area contributed by atoms with Crippen molar-refractivity contribution >= 4 is 35.0 Å². The van der Waals surface area contributed by atoms with Crippen molar-refractivity contribution in [2.45, 2.75) is 59.5 Å². The molecule has 6 heteroatoms. The van der Waals surface area contributed by atoms with Crippen LogP contribution in [0, 0.1) is 13.8 Å². The summed E-state index contributed by atoms with van der Waals surface area (Å²) in [5.41, 5.74) is 3.86. The second-order valence-corrected chi connectivity index (χ2v) is 8.45. The molecule has 4 nitrogen and oxygen atoms in total. The number of halogens is 2. The van der Waals surface area contributed by atoms with Crippen molar-refractivity contribution < 1.29 is 9.59 Å². The highest BCUT2D eigenvalue weighted by Gasteiger charge is 2.27. The van der Waals surface area contributed by atoms with E-state index in [2.05, 4.69) is 12.2 Å². The molecule has 0 bridgehead atoms. The summed E-state index contributed by atoms with van der Waals surface area (Å²) in [5, 5.41) is 3.87. The lowest BCUT2D eigenvalue weighted by molar-refractivity contribution is -0.140. The van der Waals surface area contributed by atoms with Crippen LogP contribution in [0.4, 0.5) is 0 Å². The Hall–Kier alpha value is -2.04. The number of unbranched alkanes of at least 4 members (excludes halogenated alkanes) is 1. The van der Waals surface area contributed by atoms with Crippen LogP contribution >= 0.6 is 23.2 Å². The number of carbonyl (C=O) groups excluding carboxylic acids is 2. The number of carbonyl (C=O) groups is 2. The van der Waals surface area contributed by atoms with E-state index >= 15 is 0 Å². The molecule has 0 heterocycles. The lowest BCUT2D eigenvalue weighted by Gasteiger charge is -2.29. The molecule has 2 aromatic rings. The highest BCUT2D eigenvalue weighted by molar-refractivity contribution is 6.36. The second kappa shape index (κ2) is 11.4. The molecule has 1 N–H and O–H groups in total. The molecule has 0 aromatic heterocycles. The fourth-order valence-electron chi connectivity index (χ4n) is 3.16. The van der Waals surface area contributed by atoms with Gasteiger partial charge in [-0.25, -0.2) is 0 Å². The van der Waals surface area contributed by atoms with Gasteiger partial charge in [-0.2, -0.15) is 0 Å². The molecule has 0 aliphatic carbocycles. The summed E-state index contributed by atoms with van der Waals surface area (Å²) in [6, 6.07) is 10.6. The molecule has 0 aliphatic heterocycles. The summed E-state index contributed by atoms with van der Waals surface area (Å²) in [7, 11) is 0. The third-order valence-electron chi connectivity index (χ3n) is 5.31. The minimum absolute atomic E-state index is 0.146. The van der Waals surface area contributed by atoms with Gasteiger partial charge in [-0.1, -0.05) is 60.8 Å². The van der Waals surface area contributed by atoms with Crippen molar-refractivity contribution in [3.05, 3.63) is 68.7 Å². The highest BCUT2D eigenvalue weighted by atomic mass is 35.5. The Labute approximate surface area is 189 Å². The van der Waals surface area contributed by atoms with Gasteiger partial charge in [0, 0.05) is 28.7 Å². The highest BCUT2D eigenvalue weighted by Crippen LogP contribution is 2.27. The van der Waals surface area contributed by atoms with Crippen molar-refractivity contribution in [1.82, 2.24) is 10.2 Å². The molecule has 0 unspecified atom stereocenters. The number of amides is 2. The largest absolute Gasteiger partial charge is 0.354 e. The first kappa shape index (κ1) is 24.2. The zero-order chi connectivity index (χ0) is 22.3. The molecule has 1 atom stereocenters. The summed E-state index contributed by atoms with van der Waals surface area (Å²) >= 11 is 12.7. The summed E-state index contributed by atoms with van der Waals surface area (Å²) in [5.74, 6) is -0.326. The molecule has 0 saturated carbocycles. The zero-order valence-electron chi connectivity index (χ0n) is 18.1. The molecule has 0 spiro atoms. The third kappa shape index (κ3) is 6.48. The Morgan fingerprint density at radius 1 is 1.07 bits per heavy atom. The predicted octanol–water partition coefficient (Wildman–Crippen LogP) is 5.49. The molecule has 162 valence electrons. The zero-order valence-corrected chi connectivity index (χ0v) is 19.6. The SMILES string of the molecule is CCCCNC(=O)[C@H](C)N(Cc1c(Cl)cccc1Cl)C(=O)Cc1ccc(C)c(C)c1. The number of nitrogens with one attached hydrogen (secondary N) is 1. The Kier molecular flexibility index (Phi) is 9.19. The monoisotopic (exact) mass is 448 g/mol. The fraction of sp³-hybridized carbons (Fsp3) is 0.417. The lowest BCUT2D eigenvalue weighted by Crippen LogP contribution is -2.48. The quantitative estimate of drug-likeness (QED) is 0.515. The molecule has 30 heavy (non-hydrogen) atoms. The van der Waals surface area contributed by atoms with Crippen LogP contribution in [-0.2, 0) is 22.6 Å². The predicted molar refractivity (Wildman–Crippen MR) is 124 cm³/mol. The molecule has 2 rings (SSSR count). The van der Waals surface area contributed by atoms with Crippen molar-refractivity contribution in [1.29, 1.82) is 0 Å². The van der Waals surface area contributed by atoms with E-state index < -0.39 is 6.04 Å². The number of hydrogen-bond donors (Lipinski definition) is 1. The van der Waals surface area contributed by atoms with Crippen LogP contribution in [0.1, 0.15) is 48.9 Å². The first-order chi connectivity index (χ1) is 14.2. The van der Waals surface area contributed by atoms with Gasteiger partial charge in [-0.05, 0) is 56.0 Å². The van der Waals surface area contributed by atoms with Gasteiger partial charge in [0.05, 0.1) is 6.42 Å². The Morgan fingerprint density at radius 2 is 1.73 bits per heavy atom. The Balaban J connectivity index is 2.28. The molecular weight excluding hydrogens is 419 g/mol. The normalized spacial score (nSPS) is 11.8. The maximum absolute atomic E-state index is 13.3. The van der Waals surface area contributed by atoms with Gasteiger partial charge >= 0.3 is 0 Å². The molecular formula is C24H30Cl2N2O2. The van der Waals surface area contributed by atoms with Crippen LogP contribution in [0.15, 0.2) is 36.4 Å². The van der Waals surface area contributed by atoms with Gasteiger partial charge in [0.1, 0.15) is 6.04 Å². The first-order valence-corrected chi connectivity index (χ1v) is 11.1. The van der Waals surface area contributed by atoms with Gasteiger partial charge < -0.3 is 10.2 Å². The number of benzene rings is 2. The molecule has 0 radical (unpaired) electrons. The van der Waals surface area contributed by atoms with Crippen molar-refractivity contribution in [3.63, 3.8) is 0 Å². The second-order valence-electron chi connectivity index (χ2n) is 7.64. The topological polar surface area (TPSA) is 49.4 Å². The van der Waals surface area contributed by atoms with E-state index in [0.29, 0.717) is 22.2 Å². The van der Waals surface area contributed by atoms with Crippen molar-refractivity contribution in [2.75, 3.05) is 6.54 Å². The smallest absolute Gasteiger partial charge is 0.242 e. The number of rotatable bonds is 9. The minimum Gasteiger partial charge on any atom is -0.354 e. The van der Waals surface area contributed by atoms with E-state index in [4.69, 9.17) is 23.2 Å². The van der Waals surface area contributed by atoms with Crippen LogP contribution in [0.25, 0.3) is 0 Å². The standard InChI is InChI=1S/C24H30Cl2N2O2/c1-5-6-12-27-24(30)18(4)28(15-20-21(25)8-7-9-22(20)26)23(29)14-19-11-10-16(2)17(3)13-19/h7-11,13,18H,5-6,12,14-15H2,1-4H3,(H,27,30)/t18-/m0/s1. The maximum atomic E-state index is 13.3. The summed E-state index contributed by atoms with van der Waals surface area (Å²) in [6.45, 7) is 8.62. The van der Waals surface area contributed by atoms with E-state index in [1.807, 2.05) is 32.0 Å². The molecule has 2 aromatic carbocycles. The van der Waals surface area contributed by atoms with Crippen molar-refractivity contribution in [2.24, 2.45) is 0 Å². The summed E-state index contributed by atoms with van der Waals surface area (Å²) < 4.78 is 0. The number of aryl methyl sites for hydroxylation is 2. The average molecular weight is 449 g/mol. The maximum Gasteiger partial charge on any atom is 0.242 e. The minimum atomic E-state index is -0.645. The average Bonchev–Trinajstić information content (AvgIpc) is 2.70. The molecule has 0 fully saturated rings. The van der Waals surface area contributed by atoms with E-state index in [1.54, 1.807) is 30.0 Å². The number of hydrogen-bond acceptors (Lipinski definition) is 2. The molecule has 0 aliphatic rings. The number of nitrogens with zero attached hydrogens (tertiary/aromatic N) is 1. The van der Waals surface area contributed by atoms with E-state index in [-0.39, 0.29) is 24.8 Å². The molecule has 0 saturated heterocycles. The summed E-state index contributed by atoms with van der Waals surface area (Å²) in [6.07, 6.45) is 2.08. The molecule has 2 amide bonds. The van der Waals surface area contributed by atoms with E-state index in [9.17, 15) is 9.59 Å². The summed E-state index contributed by atoms with van der Waals surface area (Å²) in [4.78, 5) is 27.5. The van der Waals surface area contributed by atoms with Crippen molar-refractivity contribution in [3.8, 4) is 0 Å². The van der Waals surface area contributed by atoms with Gasteiger partial charge in [0.15, 0.2) is 0 Å². The lowest BCUT2D eigenvalue weighted by atomic mass is 10.0. The Bertz CT molecular complexity index is 879. The third-order valence-corrected chi connectivity index (χ3v) is 6.02. The van der Waals surface area contributed by atoms with Crippen LogP contribution in [0.5, 0.6) is 0 Å². The van der Waals surface area contributed by atoms with Gasteiger partial charge in [0.2, 0.25) is 11.8 Å². The van der Waals surface area contributed by atoms with E-state index in [0.717, 1.165) is 24.0 Å². The van der Waals surface area contributed by atoms with Crippen LogP contribution in [0.2, 0.25) is 10.0 Å². The van der Waals surface area contributed by atoms with Gasteiger partial charge in [-0.3, -0.25) is 9.59 Å². The first-order valence-electron chi connectivity index (χ1n) is 10.3. The van der Waals surface area contributed by atoms with Crippen LogP contribution < -0.4 is 5.32 Å². The fourth-order valence-corrected chi connectivity index (χ4v) is 3.68. The van der Waals surface area contributed by atoms with Gasteiger partial charge in [-0.15, -0.1) is 0 Å².